The quantitative estimate of drug-likeness (QED) is 0.784. The SMILES string of the molecule is CCN(CC)CC(C)n1cc(C)nc1NCC(C)C. The number of imidazole rings is 1. The van der Waals surface area contributed by atoms with Crippen LogP contribution in [0.15, 0.2) is 6.20 Å². The molecule has 1 unspecified atom stereocenters. The van der Waals surface area contributed by atoms with Gasteiger partial charge in [-0.2, -0.15) is 0 Å². The third-order valence-corrected chi connectivity index (χ3v) is 3.41. The molecule has 19 heavy (non-hydrogen) atoms. The Morgan fingerprint density at radius 1 is 1.26 bits per heavy atom. The van der Waals surface area contributed by atoms with Crippen LogP contribution in [0.25, 0.3) is 0 Å². The van der Waals surface area contributed by atoms with Gasteiger partial charge in [0.05, 0.1) is 5.69 Å². The fourth-order valence-electron chi connectivity index (χ4n) is 2.22. The molecule has 1 aromatic heterocycles. The minimum absolute atomic E-state index is 0.441. The summed E-state index contributed by atoms with van der Waals surface area (Å²) in [5.41, 5.74) is 1.08. The normalized spacial score (nSPS) is 13.3. The number of hydrogen-bond donors (Lipinski definition) is 1. The molecule has 1 rings (SSSR count). The van der Waals surface area contributed by atoms with Crippen molar-refractivity contribution in [1.82, 2.24) is 14.5 Å². The Bertz CT molecular complexity index is 366. The Morgan fingerprint density at radius 3 is 2.42 bits per heavy atom. The highest BCUT2D eigenvalue weighted by Gasteiger charge is 2.14. The van der Waals surface area contributed by atoms with Gasteiger partial charge in [0.2, 0.25) is 5.95 Å². The first kappa shape index (κ1) is 16.0. The van der Waals surface area contributed by atoms with E-state index in [9.17, 15) is 0 Å². The predicted molar refractivity (Wildman–Crippen MR) is 82.8 cm³/mol. The van der Waals surface area contributed by atoms with Gasteiger partial charge in [0.1, 0.15) is 0 Å². The van der Waals surface area contributed by atoms with Gasteiger partial charge in [-0.1, -0.05) is 27.7 Å². The van der Waals surface area contributed by atoms with Crippen molar-refractivity contribution in [1.29, 1.82) is 0 Å². The lowest BCUT2D eigenvalue weighted by molar-refractivity contribution is 0.262. The molecular weight excluding hydrogens is 236 g/mol. The van der Waals surface area contributed by atoms with Crippen LogP contribution < -0.4 is 5.32 Å². The Kier molecular flexibility index (Phi) is 6.35. The average molecular weight is 266 g/mol. The van der Waals surface area contributed by atoms with Gasteiger partial charge in [-0.15, -0.1) is 0 Å². The number of nitrogens with zero attached hydrogens (tertiary/aromatic N) is 3. The zero-order valence-electron chi connectivity index (χ0n) is 13.4. The fourth-order valence-corrected chi connectivity index (χ4v) is 2.22. The number of aromatic nitrogens is 2. The standard InChI is InChI=1S/C15H30N4/c1-7-18(8-2)11-14(6)19-10-13(5)17-15(19)16-9-12(3)4/h10,12,14H,7-9,11H2,1-6H3,(H,16,17). The zero-order chi connectivity index (χ0) is 14.4. The largest absolute Gasteiger partial charge is 0.355 e. The Morgan fingerprint density at radius 2 is 1.89 bits per heavy atom. The molecule has 0 spiro atoms. The summed E-state index contributed by atoms with van der Waals surface area (Å²) in [6, 6.07) is 0.441. The molecule has 0 bridgehead atoms. The van der Waals surface area contributed by atoms with Gasteiger partial charge in [-0.3, -0.25) is 0 Å². The minimum atomic E-state index is 0.441. The van der Waals surface area contributed by atoms with E-state index in [1.54, 1.807) is 0 Å². The van der Waals surface area contributed by atoms with Gasteiger partial charge in [0.25, 0.3) is 0 Å². The first-order chi connectivity index (χ1) is 8.97. The zero-order valence-corrected chi connectivity index (χ0v) is 13.4. The lowest BCUT2D eigenvalue weighted by Gasteiger charge is -2.25. The molecule has 1 aromatic rings. The maximum Gasteiger partial charge on any atom is 0.203 e. The van der Waals surface area contributed by atoms with Crippen LogP contribution >= 0.6 is 0 Å². The summed E-state index contributed by atoms with van der Waals surface area (Å²) < 4.78 is 2.27. The molecule has 0 saturated heterocycles. The molecule has 0 aliphatic rings. The second-order valence-electron chi connectivity index (χ2n) is 5.72. The number of anilines is 1. The number of aryl methyl sites for hydroxylation is 1. The van der Waals surface area contributed by atoms with E-state index < -0.39 is 0 Å². The molecule has 1 heterocycles. The Balaban J connectivity index is 2.74. The summed E-state index contributed by atoms with van der Waals surface area (Å²) in [4.78, 5) is 7.05. The van der Waals surface area contributed by atoms with Crippen molar-refractivity contribution in [2.75, 3.05) is 31.5 Å². The van der Waals surface area contributed by atoms with Gasteiger partial charge >= 0.3 is 0 Å². The van der Waals surface area contributed by atoms with Gasteiger partial charge < -0.3 is 14.8 Å². The first-order valence-electron chi connectivity index (χ1n) is 7.49. The first-order valence-corrected chi connectivity index (χ1v) is 7.49. The van der Waals surface area contributed by atoms with Crippen LogP contribution in [0.5, 0.6) is 0 Å². The molecule has 0 saturated carbocycles. The second-order valence-corrected chi connectivity index (χ2v) is 5.72. The maximum absolute atomic E-state index is 4.60. The van der Waals surface area contributed by atoms with Crippen molar-refractivity contribution in [2.24, 2.45) is 5.92 Å². The molecule has 0 fully saturated rings. The molecule has 1 N–H and O–H groups in total. The van der Waals surface area contributed by atoms with Gasteiger partial charge in [-0.25, -0.2) is 4.98 Å². The van der Waals surface area contributed by atoms with Gasteiger partial charge in [0.15, 0.2) is 0 Å². The van der Waals surface area contributed by atoms with E-state index >= 15 is 0 Å². The van der Waals surface area contributed by atoms with Crippen LogP contribution in [-0.2, 0) is 0 Å². The third-order valence-electron chi connectivity index (χ3n) is 3.41. The number of hydrogen-bond acceptors (Lipinski definition) is 3. The molecule has 4 nitrogen and oxygen atoms in total. The van der Waals surface area contributed by atoms with Gasteiger partial charge in [0, 0.05) is 25.3 Å². The minimum Gasteiger partial charge on any atom is -0.355 e. The van der Waals surface area contributed by atoms with Gasteiger partial charge in [-0.05, 0) is 32.9 Å². The van der Waals surface area contributed by atoms with E-state index in [-0.39, 0.29) is 0 Å². The summed E-state index contributed by atoms with van der Waals surface area (Å²) in [5.74, 6) is 1.63. The van der Waals surface area contributed by atoms with Crippen molar-refractivity contribution >= 4 is 5.95 Å². The van der Waals surface area contributed by atoms with Crippen LogP contribution in [-0.4, -0.2) is 40.6 Å². The molecule has 0 amide bonds. The van der Waals surface area contributed by atoms with Crippen molar-refractivity contribution in [3.05, 3.63) is 11.9 Å². The monoisotopic (exact) mass is 266 g/mol. The topological polar surface area (TPSA) is 33.1 Å². The predicted octanol–water partition coefficient (Wildman–Crippen LogP) is 3.16. The highest BCUT2D eigenvalue weighted by Crippen LogP contribution is 2.17. The third kappa shape index (κ3) is 4.86. The smallest absolute Gasteiger partial charge is 0.203 e. The van der Waals surface area contributed by atoms with E-state index in [0.29, 0.717) is 12.0 Å². The molecule has 0 aliphatic carbocycles. The summed E-state index contributed by atoms with van der Waals surface area (Å²) in [5, 5.41) is 3.46. The lowest BCUT2D eigenvalue weighted by Crippen LogP contribution is -2.30. The number of nitrogens with one attached hydrogen (secondary N) is 1. The lowest BCUT2D eigenvalue weighted by atomic mass is 10.2. The van der Waals surface area contributed by atoms with Crippen LogP contribution in [0, 0.1) is 12.8 Å². The summed E-state index contributed by atoms with van der Waals surface area (Å²) >= 11 is 0. The van der Waals surface area contributed by atoms with E-state index in [4.69, 9.17) is 0 Å². The highest BCUT2D eigenvalue weighted by molar-refractivity contribution is 5.29. The van der Waals surface area contributed by atoms with Crippen LogP contribution in [0.2, 0.25) is 0 Å². The average Bonchev–Trinajstić information content (AvgIpc) is 2.74. The second kappa shape index (κ2) is 7.53. The van der Waals surface area contributed by atoms with Crippen LogP contribution in [0.1, 0.15) is 46.4 Å². The molecule has 0 aliphatic heterocycles. The highest BCUT2D eigenvalue weighted by atomic mass is 15.2. The summed E-state index contributed by atoms with van der Waals surface area (Å²) in [6.07, 6.45) is 2.15. The van der Waals surface area contributed by atoms with E-state index in [1.165, 1.54) is 0 Å². The molecular formula is C15H30N4. The number of likely N-dealkylation sites (N-methyl/N-ethyl adjacent to an activating group) is 1. The molecule has 4 heteroatoms. The Hall–Kier alpha value is -1.03. The Labute approximate surface area is 118 Å². The van der Waals surface area contributed by atoms with E-state index in [2.05, 4.69) is 67.5 Å². The van der Waals surface area contributed by atoms with Crippen molar-refractivity contribution in [3.63, 3.8) is 0 Å². The molecule has 110 valence electrons. The van der Waals surface area contributed by atoms with E-state index in [1.807, 2.05) is 0 Å². The molecule has 0 aromatic carbocycles. The maximum atomic E-state index is 4.60. The van der Waals surface area contributed by atoms with Crippen LogP contribution in [0.4, 0.5) is 5.95 Å². The fraction of sp³-hybridized carbons (Fsp3) is 0.800. The molecule has 1 atom stereocenters. The summed E-state index contributed by atoms with van der Waals surface area (Å²) in [6.45, 7) is 17.4. The van der Waals surface area contributed by atoms with E-state index in [0.717, 1.165) is 37.8 Å². The number of rotatable bonds is 8. The summed E-state index contributed by atoms with van der Waals surface area (Å²) in [7, 11) is 0. The van der Waals surface area contributed by atoms with Crippen molar-refractivity contribution in [3.8, 4) is 0 Å². The molecule has 0 radical (unpaired) electrons. The van der Waals surface area contributed by atoms with Crippen molar-refractivity contribution in [2.45, 2.75) is 47.6 Å². The van der Waals surface area contributed by atoms with Crippen LogP contribution in [0.3, 0.4) is 0 Å². The van der Waals surface area contributed by atoms with Crippen molar-refractivity contribution < 1.29 is 0 Å².